The molecule has 3 aromatic rings. The third kappa shape index (κ3) is 2.79. The van der Waals surface area contributed by atoms with Gasteiger partial charge in [0, 0.05) is 18.4 Å². The first-order valence-electron chi connectivity index (χ1n) is 7.18. The number of benzene rings is 1. The molecule has 2 N–H and O–H groups in total. The third-order valence-electron chi connectivity index (χ3n) is 3.51. The first-order valence-corrected chi connectivity index (χ1v) is 7.18. The Morgan fingerprint density at radius 2 is 2.05 bits per heavy atom. The van der Waals surface area contributed by atoms with E-state index in [2.05, 4.69) is 15.4 Å². The predicted octanol–water partition coefficient (Wildman–Crippen LogP) is 2.75. The molecule has 0 atom stereocenters. The number of nitrogens with zero attached hydrogens (tertiary/aromatic N) is 2. The fourth-order valence-corrected chi connectivity index (χ4v) is 2.48. The first-order chi connectivity index (χ1) is 10.6. The maximum atomic E-state index is 12.0. The molecular formula is C17H18N4O. The molecule has 5 nitrogen and oxygen atoms in total. The fraction of sp³-hybridized carbons (Fsp3) is 0.176. The number of amides is 1. The van der Waals surface area contributed by atoms with Gasteiger partial charge in [0.1, 0.15) is 5.69 Å². The van der Waals surface area contributed by atoms with Crippen LogP contribution in [0.1, 0.15) is 27.4 Å². The molecule has 0 saturated carbocycles. The van der Waals surface area contributed by atoms with E-state index in [4.69, 9.17) is 0 Å². The first kappa shape index (κ1) is 14.1. The maximum absolute atomic E-state index is 12.0. The van der Waals surface area contributed by atoms with Crippen molar-refractivity contribution in [1.82, 2.24) is 20.1 Å². The molecule has 5 heteroatoms. The molecule has 3 rings (SSSR count). The van der Waals surface area contributed by atoms with Crippen LogP contribution >= 0.6 is 0 Å². The largest absolute Gasteiger partial charge is 0.357 e. The van der Waals surface area contributed by atoms with E-state index in [1.165, 1.54) is 0 Å². The summed E-state index contributed by atoms with van der Waals surface area (Å²) >= 11 is 0. The minimum absolute atomic E-state index is 0.117. The van der Waals surface area contributed by atoms with Gasteiger partial charge in [-0.1, -0.05) is 18.2 Å². The summed E-state index contributed by atoms with van der Waals surface area (Å²) in [5, 5.41) is 7.44. The number of para-hydroxylation sites is 1. The SMILES string of the molecule is Cc1cc(C)n(-c2ccccc2CNC(=O)c2ccc[nH]2)n1. The van der Waals surface area contributed by atoms with Crippen LogP contribution in [0.3, 0.4) is 0 Å². The fourth-order valence-electron chi connectivity index (χ4n) is 2.48. The molecule has 0 aliphatic rings. The molecule has 0 aliphatic heterocycles. The lowest BCUT2D eigenvalue weighted by Crippen LogP contribution is -2.24. The van der Waals surface area contributed by atoms with E-state index in [1.54, 1.807) is 18.3 Å². The van der Waals surface area contributed by atoms with Crippen LogP contribution in [0.15, 0.2) is 48.7 Å². The van der Waals surface area contributed by atoms with Crippen LogP contribution < -0.4 is 5.32 Å². The van der Waals surface area contributed by atoms with Gasteiger partial charge >= 0.3 is 0 Å². The number of aromatic nitrogens is 3. The average molecular weight is 294 g/mol. The topological polar surface area (TPSA) is 62.7 Å². The number of H-pyrrole nitrogens is 1. The van der Waals surface area contributed by atoms with Crippen molar-refractivity contribution in [3.63, 3.8) is 0 Å². The molecule has 0 saturated heterocycles. The molecule has 0 spiro atoms. The van der Waals surface area contributed by atoms with Crippen molar-refractivity contribution in [3.8, 4) is 5.69 Å². The van der Waals surface area contributed by atoms with Crippen LogP contribution in [0.4, 0.5) is 0 Å². The van der Waals surface area contributed by atoms with Gasteiger partial charge in [0.2, 0.25) is 0 Å². The minimum Gasteiger partial charge on any atom is -0.357 e. The van der Waals surface area contributed by atoms with Crippen LogP contribution in [0, 0.1) is 13.8 Å². The predicted molar refractivity (Wildman–Crippen MR) is 85.0 cm³/mol. The van der Waals surface area contributed by atoms with Gasteiger partial charge in [-0.15, -0.1) is 0 Å². The Kier molecular flexibility index (Phi) is 3.78. The van der Waals surface area contributed by atoms with Gasteiger partial charge in [-0.2, -0.15) is 5.10 Å². The summed E-state index contributed by atoms with van der Waals surface area (Å²) in [5.41, 5.74) is 4.61. The van der Waals surface area contributed by atoms with Gasteiger partial charge in [0.25, 0.3) is 5.91 Å². The highest BCUT2D eigenvalue weighted by Gasteiger charge is 2.10. The number of carbonyl (C=O) groups is 1. The van der Waals surface area contributed by atoms with E-state index >= 15 is 0 Å². The molecule has 0 fully saturated rings. The number of carbonyl (C=O) groups excluding carboxylic acids is 1. The molecule has 112 valence electrons. The second-order valence-corrected chi connectivity index (χ2v) is 5.23. The lowest BCUT2D eigenvalue weighted by atomic mass is 10.1. The molecule has 1 aromatic carbocycles. The van der Waals surface area contributed by atoms with E-state index < -0.39 is 0 Å². The summed E-state index contributed by atoms with van der Waals surface area (Å²) in [6.45, 7) is 4.44. The van der Waals surface area contributed by atoms with E-state index in [9.17, 15) is 4.79 Å². The van der Waals surface area contributed by atoms with Crippen LogP contribution in [-0.2, 0) is 6.54 Å². The Morgan fingerprint density at radius 1 is 1.23 bits per heavy atom. The van der Waals surface area contributed by atoms with Crippen molar-refractivity contribution >= 4 is 5.91 Å². The normalized spacial score (nSPS) is 10.6. The summed E-state index contributed by atoms with van der Waals surface area (Å²) in [6.07, 6.45) is 1.73. The molecular weight excluding hydrogens is 276 g/mol. The second-order valence-electron chi connectivity index (χ2n) is 5.23. The smallest absolute Gasteiger partial charge is 0.267 e. The summed E-state index contributed by atoms with van der Waals surface area (Å²) < 4.78 is 1.91. The highest BCUT2D eigenvalue weighted by atomic mass is 16.1. The van der Waals surface area contributed by atoms with Gasteiger partial charge in [-0.05, 0) is 43.7 Å². The molecule has 0 radical (unpaired) electrons. The van der Waals surface area contributed by atoms with Gasteiger partial charge in [-0.25, -0.2) is 4.68 Å². The Hall–Kier alpha value is -2.82. The van der Waals surface area contributed by atoms with Gasteiger partial charge in [-0.3, -0.25) is 4.79 Å². The number of hydrogen-bond acceptors (Lipinski definition) is 2. The monoisotopic (exact) mass is 294 g/mol. The Balaban J connectivity index is 1.83. The van der Waals surface area contributed by atoms with Crippen LogP contribution in [-0.4, -0.2) is 20.7 Å². The highest BCUT2D eigenvalue weighted by molar-refractivity contribution is 5.92. The van der Waals surface area contributed by atoms with Crippen LogP contribution in [0.2, 0.25) is 0 Å². The Morgan fingerprint density at radius 3 is 2.73 bits per heavy atom. The van der Waals surface area contributed by atoms with E-state index in [0.717, 1.165) is 22.6 Å². The number of nitrogens with one attached hydrogen (secondary N) is 2. The molecule has 1 amide bonds. The number of aromatic amines is 1. The molecule has 2 aromatic heterocycles. The zero-order valence-corrected chi connectivity index (χ0v) is 12.6. The lowest BCUT2D eigenvalue weighted by molar-refractivity contribution is 0.0946. The minimum atomic E-state index is -0.117. The summed E-state index contributed by atoms with van der Waals surface area (Å²) in [5.74, 6) is -0.117. The zero-order valence-electron chi connectivity index (χ0n) is 12.6. The lowest BCUT2D eigenvalue weighted by Gasteiger charge is -2.12. The zero-order chi connectivity index (χ0) is 15.5. The summed E-state index contributed by atoms with van der Waals surface area (Å²) in [4.78, 5) is 14.9. The van der Waals surface area contributed by atoms with E-state index in [1.807, 2.05) is 48.9 Å². The van der Waals surface area contributed by atoms with Crippen LogP contribution in [0.5, 0.6) is 0 Å². The van der Waals surface area contributed by atoms with Crippen molar-refractivity contribution < 1.29 is 4.79 Å². The van der Waals surface area contributed by atoms with Gasteiger partial charge < -0.3 is 10.3 Å². The van der Waals surface area contributed by atoms with Crippen molar-refractivity contribution in [2.75, 3.05) is 0 Å². The second kappa shape index (κ2) is 5.89. The van der Waals surface area contributed by atoms with E-state index in [-0.39, 0.29) is 5.91 Å². The molecule has 0 unspecified atom stereocenters. The van der Waals surface area contributed by atoms with Gasteiger partial charge in [0.15, 0.2) is 0 Å². The molecule has 22 heavy (non-hydrogen) atoms. The average Bonchev–Trinajstić information content (AvgIpc) is 3.15. The van der Waals surface area contributed by atoms with Crippen molar-refractivity contribution in [3.05, 3.63) is 71.3 Å². The third-order valence-corrected chi connectivity index (χ3v) is 3.51. The molecule has 0 bridgehead atoms. The Labute approximate surface area is 129 Å². The number of rotatable bonds is 4. The Bertz CT molecular complexity index is 787. The summed E-state index contributed by atoms with van der Waals surface area (Å²) in [7, 11) is 0. The van der Waals surface area contributed by atoms with Crippen molar-refractivity contribution in [2.45, 2.75) is 20.4 Å². The standard InChI is InChI=1S/C17H18N4O/c1-12-10-13(2)21(20-12)16-8-4-3-6-14(16)11-19-17(22)15-7-5-9-18-15/h3-10,18H,11H2,1-2H3,(H,19,22). The number of aryl methyl sites for hydroxylation is 2. The number of hydrogen-bond donors (Lipinski definition) is 2. The highest BCUT2D eigenvalue weighted by Crippen LogP contribution is 2.17. The maximum Gasteiger partial charge on any atom is 0.267 e. The van der Waals surface area contributed by atoms with Gasteiger partial charge in [0.05, 0.1) is 11.4 Å². The summed E-state index contributed by atoms with van der Waals surface area (Å²) in [6, 6.07) is 13.5. The van der Waals surface area contributed by atoms with E-state index in [0.29, 0.717) is 12.2 Å². The van der Waals surface area contributed by atoms with Crippen LogP contribution in [0.25, 0.3) is 5.69 Å². The van der Waals surface area contributed by atoms with Crippen molar-refractivity contribution in [2.24, 2.45) is 0 Å². The molecule has 2 heterocycles. The quantitative estimate of drug-likeness (QED) is 0.777. The molecule has 0 aliphatic carbocycles. The van der Waals surface area contributed by atoms with Crippen molar-refractivity contribution in [1.29, 1.82) is 0 Å².